The van der Waals surface area contributed by atoms with Crippen LogP contribution < -0.4 is 27.3 Å². The van der Waals surface area contributed by atoms with Gasteiger partial charge < -0.3 is 22.7 Å². The molecule has 0 aliphatic rings. The topological polar surface area (TPSA) is 47.0 Å². The van der Waals surface area contributed by atoms with Crippen LogP contribution in [0.5, 0.6) is 0 Å². The Morgan fingerprint density at radius 3 is 2.33 bits per heavy atom. The summed E-state index contributed by atoms with van der Waals surface area (Å²) >= 11 is 0. The molecule has 1 rings (SSSR count). The summed E-state index contributed by atoms with van der Waals surface area (Å²) in [6.07, 6.45) is 4.92. The highest BCUT2D eigenvalue weighted by atomic mass is 79.9. The molecule has 0 aliphatic heterocycles. The molecule has 4 heteroatoms. The van der Waals surface area contributed by atoms with Crippen molar-refractivity contribution in [3.05, 3.63) is 30.1 Å². The number of hydrogen-bond donors (Lipinski definition) is 1. The maximum Gasteiger partial charge on any atom is 0.249 e. The van der Waals surface area contributed by atoms with Crippen LogP contribution in [-0.4, -0.2) is 5.91 Å². The van der Waals surface area contributed by atoms with Gasteiger partial charge in [-0.1, -0.05) is 13.8 Å². The summed E-state index contributed by atoms with van der Waals surface area (Å²) in [6, 6.07) is 3.51. The molecule has 2 N–H and O–H groups in total. The number of rotatable bonds is 4. The predicted molar refractivity (Wildman–Crippen MR) is 54.6 cm³/mol. The van der Waals surface area contributed by atoms with Crippen molar-refractivity contribution in [2.75, 3.05) is 0 Å². The van der Waals surface area contributed by atoms with Gasteiger partial charge in [0.1, 0.15) is 6.54 Å². The van der Waals surface area contributed by atoms with Crippen molar-refractivity contribution >= 4 is 5.91 Å². The molecule has 1 heterocycles. The zero-order valence-electron chi connectivity index (χ0n) is 9.11. The first-order valence-electron chi connectivity index (χ1n) is 4.88. The third-order valence-corrected chi connectivity index (χ3v) is 2.14. The van der Waals surface area contributed by atoms with Gasteiger partial charge in [0.15, 0.2) is 12.4 Å². The van der Waals surface area contributed by atoms with Crippen LogP contribution in [0.3, 0.4) is 0 Å². The molecular formula is C11H17BrN2O. The van der Waals surface area contributed by atoms with E-state index in [0.29, 0.717) is 11.5 Å². The number of aryl methyl sites for hydroxylation is 1. The standard InChI is InChI=1S/C11H16N2O.BrH/c1-9(2)3-6-13-7-4-10(5-8-13)11(12)14;/h4-5,7-9H,3,6H2,1-2H3,(H-,12,14);1H. The Bertz CT molecular complexity index is 309. The van der Waals surface area contributed by atoms with E-state index < -0.39 is 0 Å². The van der Waals surface area contributed by atoms with E-state index in [-0.39, 0.29) is 22.9 Å². The van der Waals surface area contributed by atoms with Crippen LogP contribution in [0.15, 0.2) is 24.5 Å². The minimum absolute atomic E-state index is 0. The molecule has 1 amide bonds. The van der Waals surface area contributed by atoms with Gasteiger partial charge >= 0.3 is 0 Å². The maximum absolute atomic E-state index is 10.8. The van der Waals surface area contributed by atoms with Gasteiger partial charge in [0.2, 0.25) is 5.91 Å². The smallest absolute Gasteiger partial charge is 0.249 e. The number of pyridine rings is 1. The van der Waals surface area contributed by atoms with Crippen LogP contribution in [0.2, 0.25) is 0 Å². The molecule has 0 atom stereocenters. The molecule has 0 saturated carbocycles. The van der Waals surface area contributed by atoms with Crippen molar-refractivity contribution in [2.24, 2.45) is 11.7 Å². The zero-order valence-corrected chi connectivity index (χ0v) is 10.7. The molecule has 0 saturated heterocycles. The molecule has 0 radical (unpaired) electrons. The lowest BCUT2D eigenvalue weighted by atomic mass is 10.1. The molecule has 1 aromatic heterocycles. The van der Waals surface area contributed by atoms with Crippen molar-refractivity contribution < 1.29 is 26.3 Å². The lowest BCUT2D eigenvalue weighted by Crippen LogP contribution is -3.00. The number of nitrogens with two attached hydrogens (primary N) is 1. The van der Waals surface area contributed by atoms with Gasteiger partial charge in [-0.25, -0.2) is 4.57 Å². The molecule has 15 heavy (non-hydrogen) atoms. The Morgan fingerprint density at radius 1 is 1.40 bits per heavy atom. The average Bonchev–Trinajstić information content (AvgIpc) is 2.15. The van der Waals surface area contributed by atoms with Crippen LogP contribution in [0, 0.1) is 5.92 Å². The predicted octanol–water partition coefficient (Wildman–Crippen LogP) is -1.88. The fourth-order valence-electron chi connectivity index (χ4n) is 1.18. The van der Waals surface area contributed by atoms with E-state index in [0.717, 1.165) is 13.0 Å². The molecule has 84 valence electrons. The number of aromatic nitrogens is 1. The summed E-state index contributed by atoms with van der Waals surface area (Å²) in [7, 11) is 0. The second-order valence-electron chi connectivity index (χ2n) is 3.87. The van der Waals surface area contributed by atoms with Crippen LogP contribution in [0.1, 0.15) is 30.6 Å². The highest BCUT2D eigenvalue weighted by molar-refractivity contribution is 5.92. The lowest BCUT2D eigenvalue weighted by Gasteiger charge is -2.00. The number of amides is 1. The SMILES string of the molecule is CC(C)CC[n+]1ccc(C(N)=O)cc1.[Br-]. The highest BCUT2D eigenvalue weighted by Gasteiger charge is 2.05. The second-order valence-corrected chi connectivity index (χ2v) is 3.87. The van der Waals surface area contributed by atoms with E-state index in [1.165, 1.54) is 0 Å². The zero-order chi connectivity index (χ0) is 10.6. The van der Waals surface area contributed by atoms with Gasteiger partial charge in [0.25, 0.3) is 0 Å². The van der Waals surface area contributed by atoms with Gasteiger partial charge in [0.05, 0.1) is 5.56 Å². The fourth-order valence-corrected chi connectivity index (χ4v) is 1.18. The Morgan fingerprint density at radius 2 is 1.93 bits per heavy atom. The molecule has 0 aromatic carbocycles. The molecule has 0 spiro atoms. The first kappa shape index (κ1) is 14.1. The molecule has 3 nitrogen and oxygen atoms in total. The van der Waals surface area contributed by atoms with Crippen LogP contribution in [0.25, 0.3) is 0 Å². The van der Waals surface area contributed by atoms with Crippen molar-refractivity contribution in [3.63, 3.8) is 0 Å². The maximum atomic E-state index is 10.8. The average molecular weight is 273 g/mol. The fraction of sp³-hybridized carbons (Fsp3) is 0.455. The van der Waals surface area contributed by atoms with E-state index in [1.54, 1.807) is 12.1 Å². The third-order valence-electron chi connectivity index (χ3n) is 2.14. The summed E-state index contributed by atoms with van der Waals surface area (Å²) in [5, 5.41) is 0. The molecule has 0 aliphatic carbocycles. The van der Waals surface area contributed by atoms with Gasteiger partial charge in [-0.05, 0) is 5.92 Å². The Hall–Kier alpha value is -0.900. The summed E-state index contributed by atoms with van der Waals surface area (Å²) in [6.45, 7) is 5.37. The third kappa shape index (κ3) is 4.93. The number of halogens is 1. The van der Waals surface area contributed by atoms with Crippen molar-refractivity contribution in [1.82, 2.24) is 0 Å². The number of nitrogens with zero attached hydrogens (tertiary/aromatic N) is 1. The molecular weight excluding hydrogens is 256 g/mol. The highest BCUT2D eigenvalue weighted by Crippen LogP contribution is 1.98. The van der Waals surface area contributed by atoms with Crippen molar-refractivity contribution in [1.29, 1.82) is 0 Å². The number of carbonyl (C=O) groups is 1. The van der Waals surface area contributed by atoms with Gasteiger partial charge in [-0.15, -0.1) is 0 Å². The van der Waals surface area contributed by atoms with E-state index >= 15 is 0 Å². The Kier molecular flexibility index (Phi) is 6.17. The summed E-state index contributed by atoms with van der Waals surface area (Å²) in [5.74, 6) is 0.319. The summed E-state index contributed by atoms with van der Waals surface area (Å²) in [5.41, 5.74) is 5.70. The lowest BCUT2D eigenvalue weighted by molar-refractivity contribution is -0.698. The minimum Gasteiger partial charge on any atom is -1.00 e. The summed E-state index contributed by atoms with van der Waals surface area (Å²) in [4.78, 5) is 10.8. The Balaban J connectivity index is 0.00000196. The van der Waals surface area contributed by atoms with E-state index in [2.05, 4.69) is 18.4 Å². The quantitative estimate of drug-likeness (QED) is 0.642. The molecule has 0 unspecified atom stereocenters. The summed E-state index contributed by atoms with van der Waals surface area (Å²) < 4.78 is 2.06. The van der Waals surface area contributed by atoms with E-state index in [4.69, 9.17) is 5.73 Å². The first-order chi connectivity index (χ1) is 6.59. The van der Waals surface area contributed by atoms with Gasteiger partial charge in [0, 0.05) is 18.6 Å². The van der Waals surface area contributed by atoms with E-state index in [9.17, 15) is 4.79 Å². The first-order valence-corrected chi connectivity index (χ1v) is 4.88. The monoisotopic (exact) mass is 272 g/mol. The Labute approximate surface area is 101 Å². The van der Waals surface area contributed by atoms with Crippen LogP contribution in [0.4, 0.5) is 0 Å². The second kappa shape index (κ2) is 6.56. The largest absolute Gasteiger partial charge is 1.00 e. The van der Waals surface area contributed by atoms with Crippen molar-refractivity contribution in [2.45, 2.75) is 26.8 Å². The molecule has 0 bridgehead atoms. The number of primary amides is 1. The van der Waals surface area contributed by atoms with Gasteiger partial charge in [-0.3, -0.25) is 4.79 Å². The molecule has 0 fully saturated rings. The molecule has 1 aromatic rings. The number of carbonyl (C=O) groups excluding carboxylic acids is 1. The van der Waals surface area contributed by atoms with Gasteiger partial charge in [-0.2, -0.15) is 0 Å². The van der Waals surface area contributed by atoms with Crippen LogP contribution >= 0.6 is 0 Å². The minimum atomic E-state index is -0.374. The van der Waals surface area contributed by atoms with Crippen molar-refractivity contribution in [3.8, 4) is 0 Å². The van der Waals surface area contributed by atoms with E-state index in [1.807, 2.05) is 12.4 Å². The normalized spacial score (nSPS) is 9.80. The number of hydrogen-bond acceptors (Lipinski definition) is 1. The van der Waals surface area contributed by atoms with Crippen LogP contribution in [-0.2, 0) is 6.54 Å².